The molecule has 1 atom stereocenters. The Morgan fingerprint density at radius 3 is 2.71 bits per heavy atom. The highest BCUT2D eigenvalue weighted by atomic mass is 16.3. The van der Waals surface area contributed by atoms with Crippen molar-refractivity contribution in [3.8, 4) is 0 Å². The van der Waals surface area contributed by atoms with Crippen LogP contribution in [0.2, 0.25) is 0 Å². The van der Waals surface area contributed by atoms with Crippen molar-refractivity contribution in [3.63, 3.8) is 0 Å². The molecule has 0 spiro atoms. The van der Waals surface area contributed by atoms with Crippen molar-refractivity contribution in [2.24, 2.45) is 0 Å². The average Bonchev–Trinajstić information content (AvgIpc) is 2.53. The molecule has 94 valence electrons. The van der Waals surface area contributed by atoms with Gasteiger partial charge in [0.15, 0.2) is 0 Å². The summed E-state index contributed by atoms with van der Waals surface area (Å²) in [6.45, 7) is 4.98. The molecule has 17 heavy (non-hydrogen) atoms. The molecular weight excluding hydrogens is 210 g/mol. The smallest absolute Gasteiger partial charge is 0.0771 e. The molecule has 1 aromatic rings. The minimum atomic E-state index is -0.467. The standard InChI is InChI=1S/C15H23NO/c1-2-15(17)10-6-7-11-16(13-15)12-14-8-4-3-5-9-14/h3-5,8-9,17H,2,6-7,10-13H2,1H3. The summed E-state index contributed by atoms with van der Waals surface area (Å²) in [6.07, 6.45) is 4.16. The van der Waals surface area contributed by atoms with Crippen molar-refractivity contribution in [3.05, 3.63) is 35.9 Å². The number of β-amino-alcohol motifs (C(OH)–C–C–N with tert-alkyl or cyclic N) is 1. The zero-order valence-corrected chi connectivity index (χ0v) is 10.7. The van der Waals surface area contributed by atoms with E-state index in [2.05, 4.69) is 36.1 Å². The van der Waals surface area contributed by atoms with Crippen LogP contribution in [-0.2, 0) is 6.54 Å². The molecule has 0 saturated carbocycles. The summed E-state index contributed by atoms with van der Waals surface area (Å²) in [5.41, 5.74) is 0.874. The summed E-state index contributed by atoms with van der Waals surface area (Å²) in [5.74, 6) is 0. The van der Waals surface area contributed by atoms with Crippen LogP contribution in [0.25, 0.3) is 0 Å². The number of hydrogen-bond acceptors (Lipinski definition) is 2. The molecule has 1 aliphatic heterocycles. The van der Waals surface area contributed by atoms with E-state index >= 15 is 0 Å². The monoisotopic (exact) mass is 233 g/mol. The Hall–Kier alpha value is -0.860. The van der Waals surface area contributed by atoms with Gasteiger partial charge < -0.3 is 5.11 Å². The molecule has 1 heterocycles. The third-order valence-corrected chi connectivity index (χ3v) is 3.79. The maximum absolute atomic E-state index is 10.5. The van der Waals surface area contributed by atoms with E-state index in [1.807, 2.05) is 6.07 Å². The van der Waals surface area contributed by atoms with Gasteiger partial charge in [0.2, 0.25) is 0 Å². The van der Waals surface area contributed by atoms with Crippen molar-refractivity contribution >= 4 is 0 Å². The Morgan fingerprint density at radius 1 is 1.24 bits per heavy atom. The zero-order chi connectivity index (χ0) is 12.1. The lowest BCUT2D eigenvalue weighted by Gasteiger charge is -2.30. The van der Waals surface area contributed by atoms with Crippen LogP contribution in [0.4, 0.5) is 0 Å². The highest BCUT2D eigenvalue weighted by Crippen LogP contribution is 2.24. The highest BCUT2D eigenvalue weighted by Gasteiger charge is 2.29. The predicted octanol–water partition coefficient (Wildman–Crippen LogP) is 2.81. The SMILES string of the molecule is CCC1(O)CCCCN(Cc2ccccc2)C1. The number of aliphatic hydroxyl groups is 1. The van der Waals surface area contributed by atoms with Crippen molar-refractivity contribution in [1.82, 2.24) is 4.90 Å². The molecule has 0 amide bonds. The van der Waals surface area contributed by atoms with Gasteiger partial charge in [-0.25, -0.2) is 0 Å². The van der Waals surface area contributed by atoms with E-state index < -0.39 is 5.60 Å². The van der Waals surface area contributed by atoms with Crippen molar-refractivity contribution in [1.29, 1.82) is 0 Å². The molecule has 1 saturated heterocycles. The van der Waals surface area contributed by atoms with Gasteiger partial charge in [-0.05, 0) is 37.8 Å². The van der Waals surface area contributed by atoms with Crippen LogP contribution in [0.1, 0.15) is 38.2 Å². The van der Waals surface area contributed by atoms with E-state index in [0.29, 0.717) is 0 Å². The molecule has 1 unspecified atom stereocenters. The lowest BCUT2D eigenvalue weighted by Crippen LogP contribution is -2.40. The lowest BCUT2D eigenvalue weighted by molar-refractivity contribution is 0.00127. The molecular formula is C15H23NO. The van der Waals surface area contributed by atoms with Gasteiger partial charge in [-0.15, -0.1) is 0 Å². The van der Waals surface area contributed by atoms with Crippen molar-refractivity contribution in [2.45, 2.75) is 44.8 Å². The first kappa shape index (κ1) is 12.6. The quantitative estimate of drug-likeness (QED) is 0.867. The molecule has 1 N–H and O–H groups in total. The van der Waals surface area contributed by atoms with Crippen LogP contribution in [0.15, 0.2) is 30.3 Å². The fourth-order valence-electron chi connectivity index (χ4n) is 2.63. The molecule has 2 heteroatoms. The van der Waals surface area contributed by atoms with Crippen LogP contribution in [0.5, 0.6) is 0 Å². The molecule has 0 radical (unpaired) electrons. The first-order chi connectivity index (χ1) is 8.22. The minimum absolute atomic E-state index is 0.467. The first-order valence-electron chi connectivity index (χ1n) is 6.70. The van der Waals surface area contributed by atoms with Gasteiger partial charge in [-0.2, -0.15) is 0 Å². The van der Waals surface area contributed by atoms with Crippen LogP contribution < -0.4 is 0 Å². The van der Waals surface area contributed by atoms with Gasteiger partial charge in [0, 0.05) is 13.1 Å². The molecule has 0 aromatic heterocycles. The topological polar surface area (TPSA) is 23.5 Å². The Balaban J connectivity index is 2.00. The maximum Gasteiger partial charge on any atom is 0.0771 e. The maximum atomic E-state index is 10.5. The van der Waals surface area contributed by atoms with E-state index in [1.165, 1.54) is 12.0 Å². The second-order valence-corrected chi connectivity index (χ2v) is 5.23. The van der Waals surface area contributed by atoms with Crippen LogP contribution in [0.3, 0.4) is 0 Å². The number of benzene rings is 1. The molecule has 2 nitrogen and oxygen atoms in total. The van der Waals surface area contributed by atoms with Gasteiger partial charge in [0.1, 0.15) is 0 Å². The van der Waals surface area contributed by atoms with E-state index in [-0.39, 0.29) is 0 Å². The third-order valence-electron chi connectivity index (χ3n) is 3.79. The minimum Gasteiger partial charge on any atom is -0.389 e. The largest absolute Gasteiger partial charge is 0.389 e. The molecule has 2 rings (SSSR count). The van der Waals surface area contributed by atoms with Gasteiger partial charge >= 0.3 is 0 Å². The van der Waals surface area contributed by atoms with E-state index in [1.54, 1.807) is 0 Å². The average molecular weight is 233 g/mol. The summed E-state index contributed by atoms with van der Waals surface area (Å²) in [5, 5.41) is 10.5. The number of hydrogen-bond donors (Lipinski definition) is 1. The Kier molecular flexibility index (Phi) is 4.19. The molecule has 1 fully saturated rings. The van der Waals surface area contributed by atoms with E-state index in [4.69, 9.17) is 0 Å². The first-order valence-corrected chi connectivity index (χ1v) is 6.70. The third kappa shape index (κ3) is 3.55. The van der Waals surface area contributed by atoms with Crippen molar-refractivity contribution < 1.29 is 5.11 Å². The second kappa shape index (κ2) is 5.65. The summed E-state index contributed by atoms with van der Waals surface area (Å²) < 4.78 is 0. The summed E-state index contributed by atoms with van der Waals surface area (Å²) in [4.78, 5) is 2.39. The normalized spacial score (nSPS) is 26.7. The molecule has 0 aliphatic carbocycles. The van der Waals surface area contributed by atoms with Crippen molar-refractivity contribution in [2.75, 3.05) is 13.1 Å². The van der Waals surface area contributed by atoms with Gasteiger partial charge in [0.05, 0.1) is 5.60 Å². The van der Waals surface area contributed by atoms with Crippen LogP contribution in [0, 0.1) is 0 Å². The number of likely N-dealkylation sites (tertiary alicyclic amines) is 1. The second-order valence-electron chi connectivity index (χ2n) is 5.23. The Bertz CT molecular complexity index is 338. The summed E-state index contributed by atoms with van der Waals surface area (Å²) in [6, 6.07) is 10.5. The fraction of sp³-hybridized carbons (Fsp3) is 0.600. The van der Waals surface area contributed by atoms with Crippen LogP contribution >= 0.6 is 0 Å². The zero-order valence-electron chi connectivity index (χ0n) is 10.7. The van der Waals surface area contributed by atoms with Gasteiger partial charge in [-0.1, -0.05) is 37.3 Å². The molecule has 0 bridgehead atoms. The Labute approximate surface area is 104 Å². The van der Waals surface area contributed by atoms with E-state index in [0.717, 1.165) is 38.9 Å². The number of rotatable bonds is 3. The Morgan fingerprint density at radius 2 is 2.00 bits per heavy atom. The highest BCUT2D eigenvalue weighted by molar-refractivity contribution is 5.14. The molecule has 1 aromatic carbocycles. The van der Waals surface area contributed by atoms with Gasteiger partial charge in [0.25, 0.3) is 0 Å². The predicted molar refractivity (Wildman–Crippen MR) is 70.8 cm³/mol. The number of nitrogens with zero attached hydrogens (tertiary/aromatic N) is 1. The fourth-order valence-corrected chi connectivity index (χ4v) is 2.63. The summed E-state index contributed by atoms with van der Waals surface area (Å²) in [7, 11) is 0. The lowest BCUT2D eigenvalue weighted by atomic mass is 9.95. The van der Waals surface area contributed by atoms with Gasteiger partial charge in [-0.3, -0.25) is 4.90 Å². The molecule has 1 aliphatic rings. The summed E-state index contributed by atoms with van der Waals surface area (Å²) >= 11 is 0. The van der Waals surface area contributed by atoms with E-state index in [9.17, 15) is 5.11 Å². The van der Waals surface area contributed by atoms with Crippen LogP contribution in [-0.4, -0.2) is 28.7 Å².